The van der Waals surface area contributed by atoms with Crippen molar-refractivity contribution in [3.8, 4) is 17.2 Å². The van der Waals surface area contributed by atoms with E-state index in [-0.39, 0.29) is 11.3 Å². The van der Waals surface area contributed by atoms with Gasteiger partial charge in [-0.1, -0.05) is 17.7 Å². The van der Waals surface area contributed by atoms with E-state index in [4.69, 9.17) is 25.8 Å². The van der Waals surface area contributed by atoms with Gasteiger partial charge >= 0.3 is 6.03 Å². The molecule has 2 aromatic carbocycles. The van der Waals surface area contributed by atoms with Crippen LogP contribution in [0.25, 0.3) is 6.08 Å². The molecule has 156 valence electrons. The second-order valence-corrected chi connectivity index (χ2v) is 6.71. The first-order valence-electron chi connectivity index (χ1n) is 8.79. The highest BCUT2D eigenvalue weighted by Crippen LogP contribution is 2.39. The zero-order chi connectivity index (χ0) is 22.0. The van der Waals surface area contributed by atoms with E-state index in [1.807, 2.05) is 0 Å². The van der Waals surface area contributed by atoms with E-state index < -0.39 is 17.8 Å². The number of imide groups is 2. The van der Waals surface area contributed by atoms with E-state index in [1.54, 1.807) is 37.3 Å². The molecule has 1 aliphatic heterocycles. The number of hydrogen-bond donors (Lipinski definition) is 1. The summed E-state index contributed by atoms with van der Waals surface area (Å²) in [6.07, 6.45) is 1.35. The van der Waals surface area contributed by atoms with Gasteiger partial charge in [-0.05, 0) is 48.4 Å². The molecule has 0 radical (unpaired) electrons. The number of urea groups is 1. The highest BCUT2D eigenvalue weighted by atomic mass is 35.5. The lowest BCUT2D eigenvalue weighted by atomic mass is 10.0. The summed E-state index contributed by atoms with van der Waals surface area (Å²) in [5.74, 6) is -0.512. The molecule has 2 aromatic rings. The van der Waals surface area contributed by atoms with Crippen LogP contribution in [0.1, 0.15) is 11.1 Å². The minimum atomic E-state index is -0.850. The maximum absolute atomic E-state index is 13.1. The molecule has 0 spiro atoms. The van der Waals surface area contributed by atoms with Gasteiger partial charge in [-0.3, -0.25) is 14.9 Å². The summed E-state index contributed by atoms with van der Waals surface area (Å²) in [5.41, 5.74) is 1.03. The summed E-state index contributed by atoms with van der Waals surface area (Å²) < 4.78 is 15.9. The normalized spacial score (nSPS) is 15.3. The van der Waals surface area contributed by atoms with Gasteiger partial charge in [0.25, 0.3) is 11.8 Å². The molecule has 0 bridgehead atoms. The number of carbonyl (C=O) groups is 3. The van der Waals surface area contributed by atoms with Gasteiger partial charge < -0.3 is 14.2 Å². The molecule has 1 saturated heterocycles. The number of hydrogen-bond acceptors (Lipinski definition) is 6. The topological polar surface area (TPSA) is 94.2 Å². The van der Waals surface area contributed by atoms with Crippen LogP contribution in [0, 0.1) is 6.92 Å². The molecule has 0 aliphatic carbocycles. The fraction of sp³-hybridized carbons (Fsp3) is 0.190. The largest absolute Gasteiger partial charge is 0.493 e. The van der Waals surface area contributed by atoms with E-state index in [0.29, 0.717) is 33.4 Å². The number of carbonyl (C=O) groups excluding carboxylic acids is 3. The Morgan fingerprint density at radius 3 is 2.20 bits per heavy atom. The number of methoxy groups -OCH3 is 3. The SMILES string of the molecule is COc1cc(/C=C2\C(=O)NC(=O)N(c3cccc(Cl)c3C)C2=O)cc(OC)c1OC. The molecule has 1 heterocycles. The average Bonchev–Trinajstić information content (AvgIpc) is 2.73. The Morgan fingerprint density at radius 1 is 1.00 bits per heavy atom. The molecule has 3 rings (SSSR count). The van der Waals surface area contributed by atoms with Crippen LogP contribution in [0.2, 0.25) is 5.02 Å². The molecule has 30 heavy (non-hydrogen) atoms. The van der Waals surface area contributed by atoms with E-state index in [2.05, 4.69) is 5.32 Å². The summed E-state index contributed by atoms with van der Waals surface area (Å²) >= 11 is 6.13. The number of amides is 4. The van der Waals surface area contributed by atoms with Crippen molar-refractivity contribution in [2.75, 3.05) is 26.2 Å². The summed E-state index contributed by atoms with van der Waals surface area (Å²) in [6.45, 7) is 1.68. The molecular formula is C21H19ClN2O6. The molecule has 1 fully saturated rings. The first-order chi connectivity index (χ1) is 14.3. The zero-order valence-corrected chi connectivity index (χ0v) is 17.5. The minimum Gasteiger partial charge on any atom is -0.493 e. The first kappa shape index (κ1) is 21.2. The molecule has 8 nitrogen and oxygen atoms in total. The van der Waals surface area contributed by atoms with Crippen LogP contribution >= 0.6 is 11.6 Å². The van der Waals surface area contributed by atoms with Crippen molar-refractivity contribution in [2.24, 2.45) is 0 Å². The fourth-order valence-electron chi connectivity index (χ4n) is 3.07. The molecule has 0 saturated carbocycles. The van der Waals surface area contributed by atoms with Crippen molar-refractivity contribution in [3.63, 3.8) is 0 Å². The number of rotatable bonds is 5. The van der Waals surface area contributed by atoms with Gasteiger partial charge in [-0.2, -0.15) is 0 Å². The van der Waals surface area contributed by atoms with Gasteiger partial charge in [-0.15, -0.1) is 0 Å². The Hall–Kier alpha value is -3.52. The Balaban J connectivity index is 2.10. The third-order valence-corrected chi connectivity index (χ3v) is 4.99. The monoisotopic (exact) mass is 430 g/mol. The van der Waals surface area contributed by atoms with Gasteiger partial charge in [0.2, 0.25) is 5.75 Å². The van der Waals surface area contributed by atoms with Crippen LogP contribution in [-0.2, 0) is 9.59 Å². The number of nitrogens with zero attached hydrogens (tertiary/aromatic N) is 1. The number of anilines is 1. The summed E-state index contributed by atoms with van der Waals surface area (Å²) in [4.78, 5) is 38.8. The predicted molar refractivity (Wildman–Crippen MR) is 111 cm³/mol. The number of nitrogens with one attached hydrogen (secondary N) is 1. The lowest BCUT2D eigenvalue weighted by molar-refractivity contribution is -0.122. The first-order valence-corrected chi connectivity index (χ1v) is 9.16. The zero-order valence-electron chi connectivity index (χ0n) is 16.7. The van der Waals surface area contributed by atoms with E-state index in [0.717, 1.165) is 4.90 Å². The Labute approximate surface area is 178 Å². The number of barbiturate groups is 1. The van der Waals surface area contributed by atoms with Gasteiger partial charge in [0.05, 0.1) is 27.0 Å². The summed E-state index contributed by atoms with van der Waals surface area (Å²) in [5, 5.41) is 2.57. The fourth-order valence-corrected chi connectivity index (χ4v) is 3.24. The van der Waals surface area contributed by atoms with Crippen molar-refractivity contribution in [1.82, 2.24) is 5.32 Å². The van der Waals surface area contributed by atoms with Crippen LogP contribution < -0.4 is 24.4 Å². The molecule has 0 unspecified atom stereocenters. The molecule has 9 heteroatoms. The number of benzene rings is 2. The van der Waals surface area contributed by atoms with E-state index in [1.165, 1.54) is 27.4 Å². The quantitative estimate of drug-likeness (QED) is 0.577. The number of halogens is 1. The summed E-state index contributed by atoms with van der Waals surface area (Å²) in [7, 11) is 4.37. The third-order valence-electron chi connectivity index (χ3n) is 4.58. The molecule has 0 atom stereocenters. The highest BCUT2D eigenvalue weighted by molar-refractivity contribution is 6.40. The van der Waals surface area contributed by atoms with Crippen molar-refractivity contribution in [1.29, 1.82) is 0 Å². The van der Waals surface area contributed by atoms with Crippen LogP contribution in [0.15, 0.2) is 35.9 Å². The average molecular weight is 431 g/mol. The van der Waals surface area contributed by atoms with Crippen LogP contribution in [-0.4, -0.2) is 39.2 Å². The maximum Gasteiger partial charge on any atom is 0.335 e. The van der Waals surface area contributed by atoms with Gasteiger partial charge in [0, 0.05) is 5.02 Å². The minimum absolute atomic E-state index is 0.233. The molecule has 0 aromatic heterocycles. The Morgan fingerprint density at radius 2 is 1.63 bits per heavy atom. The van der Waals surface area contributed by atoms with E-state index >= 15 is 0 Å². The van der Waals surface area contributed by atoms with Crippen LogP contribution in [0.3, 0.4) is 0 Å². The van der Waals surface area contributed by atoms with Crippen LogP contribution in [0.5, 0.6) is 17.2 Å². The van der Waals surface area contributed by atoms with Crippen molar-refractivity contribution in [2.45, 2.75) is 6.92 Å². The molecule has 4 amide bonds. The highest BCUT2D eigenvalue weighted by Gasteiger charge is 2.37. The van der Waals surface area contributed by atoms with Gasteiger partial charge in [0.1, 0.15) is 5.57 Å². The summed E-state index contributed by atoms with van der Waals surface area (Å²) in [6, 6.07) is 7.15. The smallest absolute Gasteiger partial charge is 0.335 e. The lowest BCUT2D eigenvalue weighted by Crippen LogP contribution is -2.54. The Bertz CT molecular complexity index is 1050. The molecular weight excluding hydrogens is 412 g/mol. The predicted octanol–water partition coefficient (Wildman–Crippen LogP) is 3.34. The molecule has 1 aliphatic rings. The molecule has 1 N–H and O–H groups in total. The maximum atomic E-state index is 13.1. The second-order valence-electron chi connectivity index (χ2n) is 6.30. The van der Waals surface area contributed by atoms with Crippen LogP contribution in [0.4, 0.5) is 10.5 Å². The van der Waals surface area contributed by atoms with Crippen molar-refractivity contribution < 1.29 is 28.6 Å². The van der Waals surface area contributed by atoms with Crippen molar-refractivity contribution in [3.05, 3.63) is 52.1 Å². The van der Waals surface area contributed by atoms with Gasteiger partial charge in [-0.25, -0.2) is 9.69 Å². The van der Waals surface area contributed by atoms with E-state index in [9.17, 15) is 14.4 Å². The second kappa shape index (κ2) is 8.46. The Kier molecular flexibility index (Phi) is 5.98. The van der Waals surface area contributed by atoms with Crippen molar-refractivity contribution >= 4 is 41.2 Å². The number of ether oxygens (including phenoxy) is 3. The standard InChI is InChI=1S/C21H19ClN2O6/c1-11-14(22)6-5-7-15(11)24-20(26)13(19(25)23-21(24)27)8-12-9-16(28-2)18(30-4)17(10-12)29-3/h5-10H,1-4H3,(H,23,25,27)/b13-8+. The third kappa shape index (κ3) is 3.69. The lowest BCUT2D eigenvalue weighted by Gasteiger charge is -2.27. The van der Waals surface area contributed by atoms with Gasteiger partial charge in [0.15, 0.2) is 11.5 Å².